The largest absolute Gasteiger partial charge is 0.491 e. The van der Waals surface area contributed by atoms with Gasteiger partial charge in [-0.3, -0.25) is 4.79 Å². The fourth-order valence-electron chi connectivity index (χ4n) is 2.00. The second-order valence-electron chi connectivity index (χ2n) is 5.87. The van der Waals surface area contributed by atoms with Crippen molar-refractivity contribution >= 4 is 5.91 Å². The summed E-state index contributed by atoms with van der Waals surface area (Å²) in [5.74, 6) is 0.684. The molecular formula is C16H21F3N2O3. The Kier molecular flexibility index (Phi) is 6.44. The van der Waals surface area contributed by atoms with Gasteiger partial charge in [-0.1, -0.05) is 0 Å². The average molecular weight is 346 g/mol. The van der Waals surface area contributed by atoms with E-state index in [9.17, 15) is 23.1 Å². The fraction of sp³-hybridized carbons (Fsp3) is 0.562. The van der Waals surface area contributed by atoms with E-state index in [2.05, 4.69) is 10.6 Å². The highest BCUT2D eigenvalue weighted by molar-refractivity contribution is 5.77. The lowest BCUT2D eigenvalue weighted by Crippen LogP contribution is -2.40. The summed E-state index contributed by atoms with van der Waals surface area (Å²) >= 11 is 0. The van der Waals surface area contributed by atoms with Gasteiger partial charge in [-0.2, -0.15) is 13.2 Å². The summed E-state index contributed by atoms with van der Waals surface area (Å²) in [6.45, 7) is 0.918. The smallest absolute Gasteiger partial charge is 0.416 e. The van der Waals surface area contributed by atoms with Crippen molar-refractivity contribution in [2.24, 2.45) is 5.92 Å². The van der Waals surface area contributed by atoms with Crippen LogP contribution in [0.3, 0.4) is 0 Å². The van der Waals surface area contributed by atoms with E-state index in [0.29, 0.717) is 5.92 Å². The number of amides is 1. The first-order valence-corrected chi connectivity index (χ1v) is 7.80. The van der Waals surface area contributed by atoms with E-state index in [1.54, 1.807) is 0 Å². The van der Waals surface area contributed by atoms with Crippen molar-refractivity contribution in [3.8, 4) is 5.75 Å². The van der Waals surface area contributed by atoms with E-state index < -0.39 is 17.8 Å². The number of halogens is 3. The van der Waals surface area contributed by atoms with E-state index in [1.807, 2.05) is 0 Å². The lowest BCUT2D eigenvalue weighted by atomic mass is 10.2. The molecule has 1 amide bonds. The molecule has 0 spiro atoms. The summed E-state index contributed by atoms with van der Waals surface area (Å²) in [6.07, 6.45) is -2.93. The van der Waals surface area contributed by atoms with Crippen molar-refractivity contribution in [3.63, 3.8) is 0 Å². The second-order valence-corrected chi connectivity index (χ2v) is 5.87. The third kappa shape index (κ3) is 6.76. The fourth-order valence-corrected chi connectivity index (χ4v) is 2.00. The van der Waals surface area contributed by atoms with Crippen LogP contribution in [-0.2, 0) is 11.0 Å². The molecule has 0 heterocycles. The first kappa shape index (κ1) is 18.5. The highest BCUT2D eigenvalue weighted by atomic mass is 19.4. The van der Waals surface area contributed by atoms with E-state index in [0.717, 1.165) is 18.7 Å². The molecule has 5 nitrogen and oxygen atoms in total. The van der Waals surface area contributed by atoms with Crippen LogP contribution in [0.1, 0.15) is 18.4 Å². The quantitative estimate of drug-likeness (QED) is 0.635. The van der Waals surface area contributed by atoms with Crippen LogP contribution in [0.4, 0.5) is 13.2 Å². The van der Waals surface area contributed by atoms with Gasteiger partial charge in [0.15, 0.2) is 0 Å². The predicted molar refractivity (Wildman–Crippen MR) is 81.5 cm³/mol. The Bertz CT molecular complexity index is 530. The van der Waals surface area contributed by atoms with Crippen molar-refractivity contribution in [1.29, 1.82) is 0 Å². The summed E-state index contributed by atoms with van der Waals surface area (Å²) in [6, 6.07) is 4.20. The number of carbonyl (C=O) groups excluding carboxylic acids is 1. The zero-order valence-electron chi connectivity index (χ0n) is 13.1. The summed E-state index contributed by atoms with van der Waals surface area (Å²) in [4.78, 5) is 11.5. The number of carbonyl (C=O) groups is 1. The highest BCUT2D eigenvalue weighted by Crippen LogP contribution is 2.30. The van der Waals surface area contributed by atoms with Crippen LogP contribution in [0, 0.1) is 5.92 Å². The van der Waals surface area contributed by atoms with Crippen molar-refractivity contribution in [2.75, 3.05) is 26.2 Å². The topological polar surface area (TPSA) is 70.6 Å². The number of rotatable bonds is 9. The van der Waals surface area contributed by atoms with Gasteiger partial charge in [-0.15, -0.1) is 0 Å². The summed E-state index contributed by atoms with van der Waals surface area (Å²) in [5, 5.41) is 15.3. The van der Waals surface area contributed by atoms with Crippen LogP contribution in [0.15, 0.2) is 24.3 Å². The molecule has 0 aliphatic heterocycles. The maximum Gasteiger partial charge on any atom is 0.416 e. The number of hydrogen-bond acceptors (Lipinski definition) is 4. The Labute approximate surface area is 138 Å². The van der Waals surface area contributed by atoms with Gasteiger partial charge in [0.05, 0.1) is 12.1 Å². The number of aliphatic hydroxyl groups excluding tert-OH is 1. The molecule has 1 saturated carbocycles. The lowest BCUT2D eigenvalue weighted by molar-refractivity contribution is -0.137. The third-order valence-corrected chi connectivity index (χ3v) is 3.57. The molecule has 0 saturated heterocycles. The predicted octanol–water partition coefficient (Wildman–Crippen LogP) is 1.56. The molecule has 0 radical (unpaired) electrons. The number of ether oxygens (including phenoxy) is 1. The van der Waals surface area contributed by atoms with Crippen LogP contribution in [0.5, 0.6) is 5.75 Å². The van der Waals surface area contributed by atoms with Gasteiger partial charge >= 0.3 is 6.18 Å². The van der Waals surface area contributed by atoms with Crippen LogP contribution in [0.25, 0.3) is 0 Å². The van der Waals surface area contributed by atoms with Crippen molar-refractivity contribution < 1.29 is 27.8 Å². The zero-order chi connectivity index (χ0) is 17.6. The normalized spacial score (nSPS) is 15.8. The van der Waals surface area contributed by atoms with Crippen molar-refractivity contribution in [1.82, 2.24) is 10.6 Å². The van der Waals surface area contributed by atoms with Gasteiger partial charge < -0.3 is 20.5 Å². The summed E-state index contributed by atoms with van der Waals surface area (Å²) in [5.41, 5.74) is -0.763. The Morgan fingerprint density at radius 1 is 1.29 bits per heavy atom. The number of benzene rings is 1. The first-order chi connectivity index (χ1) is 11.3. The molecule has 1 unspecified atom stereocenters. The monoisotopic (exact) mass is 346 g/mol. The Morgan fingerprint density at radius 3 is 2.54 bits per heavy atom. The van der Waals surface area contributed by atoms with Gasteiger partial charge in [0.1, 0.15) is 18.5 Å². The Morgan fingerprint density at radius 2 is 1.96 bits per heavy atom. The van der Waals surface area contributed by atoms with Crippen LogP contribution in [0.2, 0.25) is 0 Å². The lowest BCUT2D eigenvalue weighted by Gasteiger charge is -2.14. The molecule has 1 aromatic carbocycles. The molecule has 2 rings (SSSR count). The molecule has 8 heteroatoms. The molecule has 1 aliphatic carbocycles. The highest BCUT2D eigenvalue weighted by Gasteiger charge is 2.30. The molecule has 24 heavy (non-hydrogen) atoms. The molecule has 1 aliphatic rings. The maximum atomic E-state index is 12.4. The minimum Gasteiger partial charge on any atom is -0.491 e. The minimum atomic E-state index is -4.39. The number of nitrogens with one attached hydrogen (secondary N) is 2. The SMILES string of the molecule is O=C(CNCC1CC1)NCC(O)COc1ccc(C(F)(F)F)cc1. The molecular weight excluding hydrogens is 325 g/mol. The van der Waals surface area contributed by atoms with Gasteiger partial charge in [0.2, 0.25) is 5.91 Å². The van der Waals surface area contributed by atoms with Crippen LogP contribution in [-0.4, -0.2) is 43.4 Å². The minimum absolute atomic E-state index is 0.0184. The molecule has 0 aromatic heterocycles. The molecule has 1 atom stereocenters. The van der Waals surface area contributed by atoms with Gasteiger partial charge in [0.25, 0.3) is 0 Å². The third-order valence-electron chi connectivity index (χ3n) is 3.57. The van der Waals surface area contributed by atoms with Crippen molar-refractivity contribution in [2.45, 2.75) is 25.1 Å². The van der Waals surface area contributed by atoms with Crippen LogP contribution >= 0.6 is 0 Å². The van der Waals surface area contributed by atoms with Crippen LogP contribution < -0.4 is 15.4 Å². The van der Waals surface area contributed by atoms with Gasteiger partial charge in [-0.05, 0) is 49.6 Å². The van der Waals surface area contributed by atoms with Gasteiger partial charge in [-0.25, -0.2) is 0 Å². The molecule has 3 N–H and O–H groups in total. The zero-order valence-corrected chi connectivity index (χ0v) is 13.1. The second kappa shape index (κ2) is 8.34. The summed E-state index contributed by atoms with van der Waals surface area (Å²) < 4.78 is 42.5. The van der Waals surface area contributed by atoms with E-state index >= 15 is 0 Å². The molecule has 0 bridgehead atoms. The number of hydrogen-bond donors (Lipinski definition) is 3. The Hall–Kier alpha value is -1.80. The van der Waals surface area contributed by atoms with E-state index in [1.165, 1.54) is 25.0 Å². The standard InChI is InChI=1S/C16H21F3N2O3/c17-16(18,19)12-3-5-14(6-4-12)24-10-13(22)8-21-15(23)9-20-7-11-1-2-11/h3-6,11,13,20,22H,1-2,7-10H2,(H,21,23). The van der Waals surface area contributed by atoms with E-state index in [-0.39, 0.29) is 31.4 Å². The maximum absolute atomic E-state index is 12.4. The first-order valence-electron chi connectivity index (χ1n) is 7.80. The average Bonchev–Trinajstić information content (AvgIpc) is 3.35. The molecule has 1 aromatic rings. The number of aliphatic hydroxyl groups is 1. The molecule has 1 fully saturated rings. The Balaban J connectivity index is 1.61. The number of alkyl halides is 3. The van der Waals surface area contributed by atoms with Gasteiger partial charge in [0, 0.05) is 6.54 Å². The van der Waals surface area contributed by atoms with E-state index in [4.69, 9.17) is 4.74 Å². The molecule has 134 valence electrons. The summed E-state index contributed by atoms with van der Waals surface area (Å²) in [7, 11) is 0. The van der Waals surface area contributed by atoms with Crippen molar-refractivity contribution in [3.05, 3.63) is 29.8 Å².